The average Bonchev–Trinajstić information content (AvgIpc) is 2.61. The molecular formula is C16H19NO3. The number of carbonyl (C=O) groups excluding carboxylic acids is 1. The van der Waals surface area contributed by atoms with Crippen molar-refractivity contribution in [2.75, 3.05) is 21.3 Å². The van der Waals surface area contributed by atoms with Gasteiger partial charge in [0.25, 0.3) is 0 Å². The standard InChI is InChI=1S/C16H19NO3/c1-17-8-7-11-14(20-3)9-13(19-2)10-5-4-6-12(15(10)11)16(17)18/h7-9,12H,4-6H2,1-3H3. The summed E-state index contributed by atoms with van der Waals surface area (Å²) in [5.74, 6) is 1.66. The number of carbonyl (C=O) groups is 1. The summed E-state index contributed by atoms with van der Waals surface area (Å²) >= 11 is 0. The first kappa shape index (κ1) is 13.0. The van der Waals surface area contributed by atoms with Crippen LogP contribution in [0, 0.1) is 0 Å². The highest BCUT2D eigenvalue weighted by atomic mass is 16.5. The molecule has 106 valence electrons. The van der Waals surface area contributed by atoms with Gasteiger partial charge in [-0.05, 0) is 36.5 Å². The number of rotatable bonds is 2. The molecule has 1 aromatic carbocycles. The molecule has 1 heterocycles. The highest BCUT2D eigenvalue weighted by Crippen LogP contribution is 2.45. The Morgan fingerprint density at radius 3 is 2.70 bits per heavy atom. The summed E-state index contributed by atoms with van der Waals surface area (Å²) in [4.78, 5) is 14.2. The van der Waals surface area contributed by atoms with Crippen LogP contribution in [0.15, 0.2) is 12.3 Å². The third-order valence-corrected chi connectivity index (χ3v) is 4.26. The molecule has 1 unspecified atom stereocenters. The molecule has 1 aromatic rings. The predicted molar refractivity (Wildman–Crippen MR) is 77.0 cm³/mol. The van der Waals surface area contributed by atoms with E-state index in [0.29, 0.717) is 0 Å². The van der Waals surface area contributed by atoms with Gasteiger partial charge in [-0.25, -0.2) is 0 Å². The van der Waals surface area contributed by atoms with Crippen molar-refractivity contribution in [1.29, 1.82) is 0 Å². The van der Waals surface area contributed by atoms with E-state index in [1.165, 1.54) is 0 Å². The molecule has 0 fully saturated rings. The summed E-state index contributed by atoms with van der Waals surface area (Å²) in [7, 11) is 5.13. The lowest BCUT2D eigenvalue weighted by Gasteiger charge is -2.28. The maximum atomic E-state index is 12.5. The lowest BCUT2D eigenvalue weighted by atomic mass is 9.79. The Labute approximate surface area is 119 Å². The molecule has 0 N–H and O–H groups in total. The number of benzene rings is 1. The first-order chi connectivity index (χ1) is 9.67. The van der Waals surface area contributed by atoms with Gasteiger partial charge in [0.05, 0.1) is 20.1 Å². The quantitative estimate of drug-likeness (QED) is 0.831. The van der Waals surface area contributed by atoms with Gasteiger partial charge in [-0.15, -0.1) is 0 Å². The van der Waals surface area contributed by atoms with E-state index in [1.807, 2.05) is 25.4 Å². The fraction of sp³-hybridized carbons (Fsp3) is 0.438. The molecule has 20 heavy (non-hydrogen) atoms. The van der Waals surface area contributed by atoms with E-state index in [2.05, 4.69) is 0 Å². The molecule has 0 radical (unpaired) electrons. The topological polar surface area (TPSA) is 38.8 Å². The van der Waals surface area contributed by atoms with Gasteiger partial charge in [-0.2, -0.15) is 0 Å². The van der Waals surface area contributed by atoms with Crippen molar-refractivity contribution in [3.8, 4) is 11.5 Å². The van der Waals surface area contributed by atoms with Crippen LogP contribution in [-0.4, -0.2) is 32.1 Å². The average molecular weight is 273 g/mol. The van der Waals surface area contributed by atoms with E-state index >= 15 is 0 Å². The number of hydrogen-bond donors (Lipinski definition) is 0. The Kier molecular flexibility index (Phi) is 3.16. The third kappa shape index (κ3) is 1.79. The Bertz CT molecular complexity index is 592. The van der Waals surface area contributed by atoms with E-state index < -0.39 is 0 Å². The second-order valence-electron chi connectivity index (χ2n) is 5.30. The summed E-state index contributed by atoms with van der Waals surface area (Å²) in [6.07, 6.45) is 6.66. The molecule has 3 rings (SSSR count). The minimum atomic E-state index is -0.0854. The summed E-state index contributed by atoms with van der Waals surface area (Å²) in [5, 5.41) is 0. The third-order valence-electron chi connectivity index (χ3n) is 4.26. The van der Waals surface area contributed by atoms with Crippen LogP contribution < -0.4 is 9.47 Å². The van der Waals surface area contributed by atoms with Gasteiger partial charge in [0.15, 0.2) is 0 Å². The van der Waals surface area contributed by atoms with Crippen molar-refractivity contribution < 1.29 is 14.3 Å². The SMILES string of the molecule is COc1cc(OC)c2c3c1C=CN(C)C(=O)C3CCC2. The fourth-order valence-corrected chi connectivity index (χ4v) is 3.27. The monoisotopic (exact) mass is 273 g/mol. The minimum absolute atomic E-state index is 0.0854. The van der Waals surface area contributed by atoms with Crippen molar-refractivity contribution in [3.05, 3.63) is 29.0 Å². The normalized spacial score (nSPS) is 20.4. The van der Waals surface area contributed by atoms with Crippen molar-refractivity contribution in [3.63, 3.8) is 0 Å². The first-order valence-electron chi connectivity index (χ1n) is 6.90. The predicted octanol–water partition coefficient (Wildman–Crippen LogP) is 2.57. The number of hydrogen-bond acceptors (Lipinski definition) is 3. The molecule has 1 amide bonds. The van der Waals surface area contributed by atoms with Gasteiger partial charge in [0.2, 0.25) is 5.91 Å². The summed E-state index contributed by atoms with van der Waals surface area (Å²) in [6, 6.07) is 1.93. The molecule has 1 aliphatic heterocycles. The Morgan fingerprint density at radius 1 is 1.25 bits per heavy atom. The molecule has 1 atom stereocenters. The number of ether oxygens (including phenoxy) is 2. The first-order valence-corrected chi connectivity index (χ1v) is 6.90. The highest BCUT2D eigenvalue weighted by Gasteiger charge is 2.34. The van der Waals surface area contributed by atoms with Crippen molar-refractivity contribution in [1.82, 2.24) is 4.90 Å². The van der Waals surface area contributed by atoms with E-state index in [4.69, 9.17) is 9.47 Å². The smallest absolute Gasteiger partial charge is 0.233 e. The molecule has 0 aromatic heterocycles. The van der Waals surface area contributed by atoms with E-state index in [-0.39, 0.29) is 11.8 Å². The fourth-order valence-electron chi connectivity index (χ4n) is 3.27. The van der Waals surface area contributed by atoms with Crippen LogP contribution in [0.5, 0.6) is 11.5 Å². The molecule has 1 aliphatic carbocycles. The van der Waals surface area contributed by atoms with Gasteiger partial charge >= 0.3 is 0 Å². The summed E-state index contributed by atoms with van der Waals surface area (Å²) in [5.41, 5.74) is 3.27. The van der Waals surface area contributed by atoms with Crippen molar-refractivity contribution in [2.45, 2.75) is 25.2 Å². The van der Waals surface area contributed by atoms with Gasteiger partial charge in [0.1, 0.15) is 11.5 Å². The second kappa shape index (κ2) is 4.85. The number of likely N-dealkylation sites (N-methyl/N-ethyl adjacent to an activating group) is 1. The van der Waals surface area contributed by atoms with Gasteiger partial charge in [-0.1, -0.05) is 0 Å². The highest BCUT2D eigenvalue weighted by molar-refractivity contribution is 5.90. The maximum absolute atomic E-state index is 12.5. The number of nitrogens with zero attached hydrogens (tertiary/aromatic N) is 1. The molecule has 0 saturated carbocycles. The van der Waals surface area contributed by atoms with Crippen LogP contribution in [0.3, 0.4) is 0 Å². The van der Waals surface area contributed by atoms with E-state index in [1.54, 1.807) is 19.1 Å². The van der Waals surface area contributed by atoms with E-state index in [9.17, 15) is 4.79 Å². The molecule has 0 saturated heterocycles. The van der Waals surface area contributed by atoms with Gasteiger partial charge in [-0.3, -0.25) is 4.79 Å². The summed E-state index contributed by atoms with van der Waals surface area (Å²) in [6.45, 7) is 0. The minimum Gasteiger partial charge on any atom is -0.496 e. The van der Waals surface area contributed by atoms with Crippen LogP contribution in [-0.2, 0) is 11.2 Å². The van der Waals surface area contributed by atoms with Crippen LogP contribution in [0.4, 0.5) is 0 Å². The lowest BCUT2D eigenvalue weighted by molar-refractivity contribution is -0.129. The molecule has 4 nitrogen and oxygen atoms in total. The largest absolute Gasteiger partial charge is 0.496 e. The Balaban J connectivity index is 2.30. The Hall–Kier alpha value is -1.97. The van der Waals surface area contributed by atoms with Gasteiger partial charge < -0.3 is 14.4 Å². The zero-order valence-electron chi connectivity index (χ0n) is 12.1. The van der Waals surface area contributed by atoms with Crippen molar-refractivity contribution in [2.24, 2.45) is 0 Å². The van der Waals surface area contributed by atoms with E-state index in [0.717, 1.165) is 47.5 Å². The maximum Gasteiger partial charge on any atom is 0.233 e. The molecule has 0 bridgehead atoms. The second-order valence-corrected chi connectivity index (χ2v) is 5.30. The van der Waals surface area contributed by atoms with Crippen molar-refractivity contribution >= 4 is 12.0 Å². The Morgan fingerprint density at radius 2 is 2.00 bits per heavy atom. The molecule has 0 spiro atoms. The van der Waals surface area contributed by atoms with Crippen LogP contribution in [0.1, 0.15) is 35.4 Å². The zero-order chi connectivity index (χ0) is 14.3. The van der Waals surface area contributed by atoms with Crippen LogP contribution >= 0.6 is 0 Å². The lowest BCUT2D eigenvalue weighted by Crippen LogP contribution is -2.29. The summed E-state index contributed by atoms with van der Waals surface area (Å²) < 4.78 is 11.0. The zero-order valence-corrected chi connectivity index (χ0v) is 12.1. The van der Waals surface area contributed by atoms with Crippen LogP contribution in [0.25, 0.3) is 6.08 Å². The number of amides is 1. The molecule has 2 aliphatic rings. The van der Waals surface area contributed by atoms with Crippen LogP contribution in [0.2, 0.25) is 0 Å². The van der Waals surface area contributed by atoms with Gasteiger partial charge in [0, 0.05) is 24.9 Å². The molecule has 4 heteroatoms. The molecular weight excluding hydrogens is 254 g/mol. The number of methoxy groups -OCH3 is 2.